The van der Waals surface area contributed by atoms with E-state index in [9.17, 15) is 4.79 Å². The lowest BCUT2D eigenvalue weighted by atomic mass is 10.2. The Morgan fingerprint density at radius 2 is 1.66 bits per heavy atom. The Bertz CT molecular complexity index is 1120. The molecule has 5 rings (SSSR count). The van der Waals surface area contributed by atoms with Gasteiger partial charge >= 0.3 is 12.0 Å². The van der Waals surface area contributed by atoms with E-state index < -0.39 is 0 Å². The molecule has 0 aliphatic carbocycles. The summed E-state index contributed by atoms with van der Waals surface area (Å²) in [6, 6.07) is 10.8. The van der Waals surface area contributed by atoms with E-state index >= 15 is 0 Å². The summed E-state index contributed by atoms with van der Waals surface area (Å²) >= 11 is 0. The van der Waals surface area contributed by atoms with Crippen molar-refractivity contribution in [2.45, 2.75) is 18.9 Å². The number of nitrogens with one attached hydrogen (secondary N) is 2. The lowest BCUT2D eigenvalue weighted by Crippen LogP contribution is -2.37. The van der Waals surface area contributed by atoms with Gasteiger partial charge in [0.15, 0.2) is 5.82 Å². The van der Waals surface area contributed by atoms with Crippen LogP contribution in [0.3, 0.4) is 0 Å². The van der Waals surface area contributed by atoms with Gasteiger partial charge in [0.05, 0.1) is 38.3 Å². The van der Waals surface area contributed by atoms with Crippen molar-refractivity contribution in [2.75, 3.05) is 55.1 Å². The average molecular weight is 478 g/mol. The molecule has 1 aromatic carbocycles. The fraction of sp³-hybridized carbons (Fsp3) is 0.375. The molecule has 0 unspecified atom stereocenters. The minimum Gasteiger partial charge on any atom is -0.460 e. The van der Waals surface area contributed by atoms with Gasteiger partial charge in [-0.25, -0.2) is 4.79 Å². The molecule has 0 spiro atoms. The second-order valence-electron chi connectivity index (χ2n) is 8.17. The predicted octanol–water partition coefficient (Wildman–Crippen LogP) is 2.97. The molecule has 11 heteroatoms. The number of morpholine rings is 1. The van der Waals surface area contributed by atoms with Gasteiger partial charge in [0.2, 0.25) is 5.95 Å². The highest BCUT2D eigenvalue weighted by Gasteiger charge is 2.21. The quantitative estimate of drug-likeness (QED) is 0.551. The summed E-state index contributed by atoms with van der Waals surface area (Å²) in [7, 11) is 0. The number of hydrogen-bond donors (Lipinski definition) is 2. The Labute approximate surface area is 202 Å². The summed E-state index contributed by atoms with van der Waals surface area (Å²) < 4.78 is 17.0. The second kappa shape index (κ2) is 11.1. The summed E-state index contributed by atoms with van der Waals surface area (Å²) in [5.41, 5.74) is 2.03. The second-order valence-corrected chi connectivity index (χ2v) is 8.17. The smallest absolute Gasteiger partial charge is 0.323 e. The van der Waals surface area contributed by atoms with Gasteiger partial charge in [0.1, 0.15) is 6.10 Å². The molecule has 2 saturated heterocycles. The van der Waals surface area contributed by atoms with Gasteiger partial charge in [-0.3, -0.25) is 4.98 Å². The fourth-order valence-electron chi connectivity index (χ4n) is 3.81. The number of ether oxygens (including phenoxy) is 3. The van der Waals surface area contributed by atoms with E-state index in [-0.39, 0.29) is 12.1 Å². The van der Waals surface area contributed by atoms with Crippen LogP contribution in [0, 0.1) is 0 Å². The molecule has 3 aromatic rings. The van der Waals surface area contributed by atoms with Gasteiger partial charge in [-0.05, 0) is 36.4 Å². The maximum atomic E-state index is 12.3. The average Bonchev–Trinajstić information content (AvgIpc) is 2.90. The Morgan fingerprint density at radius 1 is 0.914 bits per heavy atom. The number of pyridine rings is 1. The molecule has 2 aliphatic heterocycles. The van der Waals surface area contributed by atoms with E-state index in [0.29, 0.717) is 68.7 Å². The van der Waals surface area contributed by atoms with Crippen LogP contribution in [0.15, 0.2) is 48.8 Å². The molecule has 11 nitrogen and oxygen atoms in total. The van der Waals surface area contributed by atoms with Gasteiger partial charge in [-0.1, -0.05) is 0 Å². The van der Waals surface area contributed by atoms with Gasteiger partial charge < -0.3 is 29.7 Å². The molecule has 0 radical (unpaired) electrons. The monoisotopic (exact) mass is 477 g/mol. The Morgan fingerprint density at radius 3 is 2.40 bits per heavy atom. The summed E-state index contributed by atoms with van der Waals surface area (Å²) in [4.78, 5) is 32.2. The lowest BCUT2D eigenvalue weighted by Gasteiger charge is -2.27. The zero-order chi connectivity index (χ0) is 23.9. The molecular formula is C24H27N7O4. The van der Waals surface area contributed by atoms with Crippen LogP contribution in [0.25, 0.3) is 11.4 Å². The van der Waals surface area contributed by atoms with Crippen molar-refractivity contribution in [3.8, 4) is 17.4 Å². The van der Waals surface area contributed by atoms with Gasteiger partial charge in [-0.15, -0.1) is 0 Å². The highest BCUT2D eigenvalue weighted by Crippen LogP contribution is 2.24. The van der Waals surface area contributed by atoms with Gasteiger partial charge in [0, 0.05) is 43.4 Å². The molecule has 2 N–H and O–H groups in total. The summed E-state index contributed by atoms with van der Waals surface area (Å²) in [6.45, 7) is 3.99. The van der Waals surface area contributed by atoms with Crippen molar-refractivity contribution in [3.63, 3.8) is 0 Å². The number of urea groups is 1. The van der Waals surface area contributed by atoms with E-state index in [4.69, 9.17) is 19.2 Å². The molecule has 0 atom stereocenters. The zero-order valence-electron chi connectivity index (χ0n) is 19.2. The Hall–Kier alpha value is -3.83. The third-order valence-corrected chi connectivity index (χ3v) is 5.66. The number of hydrogen-bond acceptors (Lipinski definition) is 9. The molecule has 2 amide bonds. The van der Waals surface area contributed by atoms with Crippen LogP contribution in [0.4, 0.5) is 22.1 Å². The van der Waals surface area contributed by atoms with Crippen molar-refractivity contribution in [2.24, 2.45) is 0 Å². The highest BCUT2D eigenvalue weighted by atomic mass is 16.5. The van der Waals surface area contributed by atoms with Crippen LogP contribution in [0.5, 0.6) is 6.01 Å². The molecule has 2 aromatic heterocycles. The number of carbonyl (C=O) groups excluding carboxylic acids is 1. The molecule has 0 saturated carbocycles. The van der Waals surface area contributed by atoms with Crippen molar-refractivity contribution in [3.05, 3.63) is 48.8 Å². The lowest BCUT2D eigenvalue weighted by molar-refractivity contribution is 0.0217. The third kappa shape index (κ3) is 6.19. The number of anilines is 3. The van der Waals surface area contributed by atoms with Crippen LogP contribution in [0.1, 0.15) is 12.8 Å². The minimum absolute atomic E-state index is 0.0152. The number of benzene rings is 1. The van der Waals surface area contributed by atoms with E-state index in [1.54, 1.807) is 36.7 Å². The van der Waals surface area contributed by atoms with Crippen LogP contribution < -0.4 is 20.3 Å². The molecule has 182 valence electrons. The van der Waals surface area contributed by atoms with Crippen LogP contribution in [-0.4, -0.2) is 71.6 Å². The van der Waals surface area contributed by atoms with Crippen molar-refractivity contribution >= 4 is 23.4 Å². The van der Waals surface area contributed by atoms with E-state index in [1.807, 2.05) is 12.1 Å². The molecule has 4 heterocycles. The molecule has 2 aliphatic rings. The Balaban J connectivity index is 1.33. The summed E-state index contributed by atoms with van der Waals surface area (Å²) in [6.07, 6.45) is 4.84. The van der Waals surface area contributed by atoms with Gasteiger partial charge in [0.25, 0.3) is 0 Å². The zero-order valence-corrected chi connectivity index (χ0v) is 19.2. The number of amides is 2. The first-order valence-electron chi connectivity index (χ1n) is 11.6. The standard InChI is InChI=1S/C24H27N7O4/c32-23(27-19-2-1-9-25-16-19)26-18-5-3-17(4-6-18)21-28-22(31-10-14-34-15-11-31)30-24(29-21)35-20-7-12-33-13-8-20/h1-6,9,16,20H,7-8,10-15H2,(H2,26,27,32). The fourth-order valence-corrected chi connectivity index (χ4v) is 3.81. The molecular weight excluding hydrogens is 450 g/mol. The van der Waals surface area contributed by atoms with Crippen LogP contribution in [0.2, 0.25) is 0 Å². The first-order chi connectivity index (χ1) is 17.2. The molecule has 0 bridgehead atoms. The first-order valence-corrected chi connectivity index (χ1v) is 11.6. The largest absolute Gasteiger partial charge is 0.460 e. The molecule has 35 heavy (non-hydrogen) atoms. The topological polar surface area (TPSA) is 124 Å². The summed E-state index contributed by atoms with van der Waals surface area (Å²) in [5, 5.41) is 5.55. The number of aromatic nitrogens is 4. The predicted molar refractivity (Wildman–Crippen MR) is 130 cm³/mol. The van der Waals surface area contributed by atoms with Gasteiger partial charge in [-0.2, -0.15) is 15.0 Å². The van der Waals surface area contributed by atoms with Crippen molar-refractivity contribution < 1.29 is 19.0 Å². The Kier molecular flexibility index (Phi) is 7.25. The van der Waals surface area contributed by atoms with Crippen molar-refractivity contribution in [1.82, 2.24) is 19.9 Å². The third-order valence-electron chi connectivity index (χ3n) is 5.66. The van der Waals surface area contributed by atoms with E-state index in [2.05, 4.69) is 30.5 Å². The maximum absolute atomic E-state index is 12.3. The number of rotatable bonds is 6. The first kappa shape index (κ1) is 22.9. The summed E-state index contributed by atoms with van der Waals surface area (Å²) in [5.74, 6) is 1.08. The van der Waals surface area contributed by atoms with Crippen molar-refractivity contribution in [1.29, 1.82) is 0 Å². The normalized spacial score (nSPS) is 16.5. The SMILES string of the molecule is O=C(Nc1ccc(-c2nc(OC3CCOCC3)nc(N3CCOCC3)n2)cc1)Nc1cccnc1. The minimum atomic E-state index is -0.354. The van der Waals surface area contributed by atoms with Crippen LogP contribution >= 0.6 is 0 Å². The van der Waals surface area contributed by atoms with E-state index in [1.165, 1.54) is 0 Å². The van der Waals surface area contributed by atoms with Crippen LogP contribution in [-0.2, 0) is 9.47 Å². The highest BCUT2D eigenvalue weighted by molar-refractivity contribution is 5.99. The maximum Gasteiger partial charge on any atom is 0.323 e. The number of carbonyl (C=O) groups is 1. The van der Waals surface area contributed by atoms with E-state index in [0.717, 1.165) is 18.4 Å². The molecule has 2 fully saturated rings. The number of nitrogens with zero attached hydrogens (tertiary/aromatic N) is 5.